The Kier molecular flexibility index (Phi) is 6.49. The van der Waals surface area contributed by atoms with Crippen LogP contribution in [0.5, 0.6) is 0 Å². The van der Waals surface area contributed by atoms with Gasteiger partial charge in [-0.15, -0.1) is 10.2 Å². The Morgan fingerprint density at radius 1 is 1.21 bits per heavy atom. The lowest BCUT2D eigenvalue weighted by Crippen LogP contribution is -2.28. The average molecular weight is 387 g/mol. The Morgan fingerprint density at radius 3 is 2.79 bits per heavy atom. The molecule has 0 saturated carbocycles. The number of amides is 1. The number of aryl methyl sites for hydroxylation is 2. The number of hydrogen-bond acceptors (Lipinski definition) is 5. The van der Waals surface area contributed by atoms with E-state index in [9.17, 15) is 9.59 Å². The predicted octanol–water partition coefficient (Wildman–Crippen LogP) is 2.35. The lowest BCUT2D eigenvalue weighted by Gasteiger charge is -2.09. The number of ether oxygens (including phenoxy) is 1. The van der Waals surface area contributed by atoms with Crippen LogP contribution >= 0.6 is 0 Å². The molecule has 1 aliphatic heterocycles. The summed E-state index contributed by atoms with van der Waals surface area (Å²) in [5.74, 6) is 1.34. The van der Waals surface area contributed by atoms with Crippen LogP contribution in [0.1, 0.15) is 76.4 Å². The first-order valence-corrected chi connectivity index (χ1v) is 10.1. The Balaban J connectivity index is 1.69. The van der Waals surface area contributed by atoms with Crippen LogP contribution in [0.2, 0.25) is 0 Å². The number of carbonyl (C=O) groups excluding carboxylic acids is 2. The van der Waals surface area contributed by atoms with E-state index in [1.165, 1.54) is 13.5 Å². The fourth-order valence-corrected chi connectivity index (χ4v) is 3.86. The molecule has 0 bridgehead atoms. The smallest absolute Gasteiger partial charge is 0.339 e. The molecule has 0 radical (unpaired) electrons. The van der Waals surface area contributed by atoms with Crippen LogP contribution in [0, 0.1) is 6.92 Å². The number of hydrogen-bond donors (Lipinski definition) is 2. The zero-order chi connectivity index (χ0) is 20.1. The van der Waals surface area contributed by atoms with Gasteiger partial charge in [0.2, 0.25) is 0 Å². The summed E-state index contributed by atoms with van der Waals surface area (Å²) in [6.07, 6.45) is 6.58. The van der Waals surface area contributed by atoms with Crippen molar-refractivity contribution in [2.45, 2.75) is 65.3 Å². The van der Waals surface area contributed by atoms with Gasteiger partial charge < -0.3 is 19.6 Å². The molecule has 8 nitrogen and oxygen atoms in total. The van der Waals surface area contributed by atoms with E-state index >= 15 is 0 Å². The molecule has 1 amide bonds. The molecule has 0 aromatic carbocycles. The van der Waals surface area contributed by atoms with Crippen molar-refractivity contribution >= 4 is 11.9 Å². The number of carbonyl (C=O) groups is 2. The molecular weight excluding hydrogens is 358 g/mol. The third kappa shape index (κ3) is 4.10. The second-order valence-electron chi connectivity index (χ2n) is 7.22. The van der Waals surface area contributed by atoms with Crippen molar-refractivity contribution in [3.8, 4) is 0 Å². The lowest BCUT2D eigenvalue weighted by molar-refractivity contribution is 0.0599. The summed E-state index contributed by atoms with van der Waals surface area (Å²) in [5.41, 5.74) is 2.29. The van der Waals surface area contributed by atoms with Crippen molar-refractivity contribution in [3.05, 3.63) is 34.2 Å². The highest BCUT2D eigenvalue weighted by Crippen LogP contribution is 2.22. The van der Waals surface area contributed by atoms with E-state index in [1.54, 1.807) is 6.92 Å². The minimum absolute atomic E-state index is 0.211. The molecule has 0 atom stereocenters. The van der Waals surface area contributed by atoms with Crippen LogP contribution in [0.3, 0.4) is 0 Å². The van der Waals surface area contributed by atoms with Crippen molar-refractivity contribution < 1.29 is 14.3 Å². The van der Waals surface area contributed by atoms with Gasteiger partial charge >= 0.3 is 5.97 Å². The molecule has 0 spiro atoms. The number of nitrogens with one attached hydrogen (secondary N) is 2. The first kappa shape index (κ1) is 20.1. The lowest BCUT2D eigenvalue weighted by atomic mass is 10.0. The summed E-state index contributed by atoms with van der Waals surface area (Å²) < 4.78 is 7.07. The van der Waals surface area contributed by atoms with Crippen LogP contribution < -0.4 is 5.32 Å². The molecule has 2 aromatic heterocycles. The number of rotatable bonds is 7. The van der Waals surface area contributed by atoms with Crippen molar-refractivity contribution in [1.29, 1.82) is 0 Å². The maximum absolute atomic E-state index is 12.8. The minimum Gasteiger partial charge on any atom is -0.465 e. The van der Waals surface area contributed by atoms with Gasteiger partial charge in [-0.25, -0.2) is 4.79 Å². The van der Waals surface area contributed by atoms with Gasteiger partial charge in [0, 0.05) is 31.6 Å². The Hall–Kier alpha value is -2.64. The summed E-state index contributed by atoms with van der Waals surface area (Å²) >= 11 is 0. The zero-order valence-corrected chi connectivity index (χ0v) is 16.9. The van der Waals surface area contributed by atoms with Gasteiger partial charge in [0.15, 0.2) is 0 Å². The first-order valence-electron chi connectivity index (χ1n) is 10.1. The molecule has 3 rings (SSSR count). The first-order chi connectivity index (χ1) is 13.6. The van der Waals surface area contributed by atoms with Crippen molar-refractivity contribution in [1.82, 2.24) is 25.1 Å². The normalized spacial score (nSPS) is 13.7. The Labute approximate surface area is 165 Å². The summed E-state index contributed by atoms with van der Waals surface area (Å²) in [6, 6.07) is 0. The minimum atomic E-state index is -0.414. The quantitative estimate of drug-likeness (QED) is 0.710. The standard InChI is InChI=1S/C20H29N5O3/c1-4-8-14-17(20(27)28-3)13(2)22-18(14)19(26)21-11-10-16-24-23-15-9-6-5-7-12-25(15)16/h22H,4-12H2,1-3H3,(H,21,26). The largest absolute Gasteiger partial charge is 0.465 e. The van der Waals surface area contributed by atoms with E-state index in [-0.39, 0.29) is 5.91 Å². The molecule has 1 aliphatic rings. The number of methoxy groups -OCH3 is 1. The SMILES string of the molecule is CCCc1c(C(=O)NCCc2nnc3n2CCCCC3)[nH]c(C)c1C(=O)OC. The average Bonchev–Trinajstić information content (AvgIpc) is 3.12. The van der Waals surface area contributed by atoms with Crippen LogP contribution in [-0.2, 0) is 30.5 Å². The van der Waals surface area contributed by atoms with E-state index in [2.05, 4.69) is 25.1 Å². The predicted molar refractivity (Wildman–Crippen MR) is 104 cm³/mol. The zero-order valence-electron chi connectivity index (χ0n) is 16.9. The van der Waals surface area contributed by atoms with Gasteiger partial charge in [0.1, 0.15) is 17.3 Å². The van der Waals surface area contributed by atoms with Crippen molar-refractivity contribution in [2.24, 2.45) is 0 Å². The van der Waals surface area contributed by atoms with Gasteiger partial charge in [-0.1, -0.05) is 19.8 Å². The Morgan fingerprint density at radius 2 is 2.04 bits per heavy atom. The monoisotopic (exact) mass is 387 g/mol. The topological polar surface area (TPSA) is 102 Å². The van der Waals surface area contributed by atoms with Crippen LogP contribution in [0.25, 0.3) is 0 Å². The van der Waals surface area contributed by atoms with E-state index in [0.29, 0.717) is 36.3 Å². The summed E-state index contributed by atoms with van der Waals surface area (Å²) in [7, 11) is 1.35. The molecule has 8 heteroatoms. The van der Waals surface area contributed by atoms with E-state index in [1.807, 2.05) is 6.92 Å². The molecule has 152 valence electrons. The number of H-pyrrole nitrogens is 1. The van der Waals surface area contributed by atoms with Gasteiger partial charge in [-0.2, -0.15) is 0 Å². The van der Waals surface area contributed by atoms with Crippen molar-refractivity contribution in [2.75, 3.05) is 13.7 Å². The van der Waals surface area contributed by atoms with Crippen LogP contribution in [0.15, 0.2) is 0 Å². The number of aromatic amines is 1. The second kappa shape index (κ2) is 9.03. The highest BCUT2D eigenvalue weighted by Gasteiger charge is 2.24. The maximum Gasteiger partial charge on any atom is 0.339 e. The number of esters is 1. The summed E-state index contributed by atoms with van der Waals surface area (Å²) in [6.45, 7) is 5.22. The molecule has 0 aliphatic carbocycles. The van der Waals surface area contributed by atoms with Gasteiger partial charge in [-0.05, 0) is 31.7 Å². The highest BCUT2D eigenvalue weighted by molar-refractivity contribution is 6.00. The maximum atomic E-state index is 12.8. The summed E-state index contributed by atoms with van der Waals surface area (Å²) in [4.78, 5) is 27.9. The molecule has 28 heavy (non-hydrogen) atoms. The molecule has 0 unspecified atom stereocenters. The third-order valence-corrected chi connectivity index (χ3v) is 5.23. The molecule has 2 aromatic rings. The van der Waals surface area contributed by atoms with E-state index in [4.69, 9.17) is 4.74 Å². The van der Waals surface area contributed by atoms with Gasteiger partial charge in [0.25, 0.3) is 5.91 Å². The molecule has 3 heterocycles. The van der Waals surface area contributed by atoms with Crippen molar-refractivity contribution in [3.63, 3.8) is 0 Å². The fourth-order valence-electron chi connectivity index (χ4n) is 3.86. The number of aromatic nitrogens is 4. The number of nitrogens with zero attached hydrogens (tertiary/aromatic N) is 3. The van der Waals surface area contributed by atoms with Crippen LogP contribution in [-0.4, -0.2) is 45.3 Å². The Bertz CT molecular complexity index is 852. The van der Waals surface area contributed by atoms with Crippen LogP contribution in [0.4, 0.5) is 0 Å². The molecule has 0 fully saturated rings. The van der Waals surface area contributed by atoms with E-state index < -0.39 is 5.97 Å². The number of fused-ring (bicyclic) bond motifs is 1. The van der Waals surface area contributed by atoms with E-state index in [0.717, 1.165) is 49.4 Å². The molecular formula is C20H29N5O3. The molecule has 2 N–H and O–H groups in total. The highest BCUT2D eigenvalue weighted by atomic mass is 16.5. The second-order valence-corrected chi connectivity index (χ2v) is 7.22. The van der Waals surface area contributed by atoms with Gasteiger partial charge in [0.05, 0.1) is 12.7 Å². The third-order valence-electron chi connectivity index (χ3n) is 5.23. The van der Waals surface area contributed by atoms with Gasteiger partial charge in [-0.3, -0.25) is 4.79 Å². The molecule has 0 saturated heterocycles. The fraction of sp³-hybridized carbons (Fsp3) is 0.600. The summed E-state index contributed by atoms with van der Waals surface area (Å²) in [5, 5.41) is 11.6.